The zero-order valence-corrected chi connectivity index (χ0v) is 42.3. The molecule has 0 radical (unpaired) electrons. The predicted molar refractivity (Wildman–Crippen MR) is 288 cm³/mol. The van der Waals surface area contributed by atoms with Gasteiger partial charge in [0.05, 0.1) is 29.6 Å². The van der Waals surface area contributed by atoms with Crippen LogP contribution < -0.4 is 31.4 Å². The Kier molecular flexibility index (Phi) is 13.3. The molecule has 4 aliphatic heterocycles. The Balaban J connectivity index is 0.000000130. The Bertz CT molecular complexity index is 3910. The minimum absolute atomic E-state index is 0.0371. The summed E-state index contributed by atoms with van der Waals surface area (Å²) in [5, 5.41) is 62.5. The lowest BCUT2D eigenvalue weighted by Gasteiger charge is -2.36. The summed E-state index contributed by atoms with van der Waals surface area (Å²) in [6.45, 7) is 0.231. The highest BCUT2D eigenvalue weighted by Crippen LogP contribution is 2.58. The molecule has 4 aliphatic rings. The van der Waals surface area contributed by atoms with E-state index >= 15 is 0 Å². The van der Waals surface area contributed by atoms with Crippen LogP contribution in [0.1, 0.15) is 83.0 Å². The standard InChI is InChI=1S/2C20H12O5.C19H19N7O6/c2*21-11-5-7-15-17(9-11)24-18-10-12(22)6-8-16(18)20(15)14-4-2-1-3-13(14)19(23)25-20;20-19-25-15-14(17(30)26-19)23-11(8-22-15)7-21-10-3-1-9(2-4-10)16(29)24-12(18(31)32)5-6-13(27)28/h2*1-10,21-22H;1-4,8,12,21H,5-7H2,(H,24,29)(H,27,28)(H,31,32)(H3,20,22,25,26,30)/t;;12-/m..0/s1. The van der Waals surface area contributed by atoms with E-state index in [9.17, 15) is 49.2 Å². The lowest BCUT2D eigenvalue weighted by atomic mass is 9.77. The van der Waals surface area contributed by atoms with Crippen LogP contribution in [0, 0.1) is 0 Å². The molecule has 2 aromatic heterocycles. The van der Waals surface area contributed by atoms with E-state index < -0.39 is 52.6 Å². The number of aromatic nitrogens is 4. The summed E-state index contributed by atoms with van der Waals surface area (Å²) in [5.74, 6) is -2.34. The number of esters is 2. The molecule has 1 amide bonds. The second-order valence-electron chi connectivity index (χ2n) is 18.9. The number of nitrogens with one attached hydrogen (secondary N) is 3. The topological polar surface area (TPSA) is 365 Å². The number of nitrogen functional groups attached to an aromatic ring is 1. The maximum Gasteiger partial charge on any atom is 0.340 e. The van der Waals surface area contributed by atoms with Crippen LogP contribution in [0.15, 0.2) is 157 Å². The zero-order chi connectivity index (χ0) is 57.6. The molecule has 0 unspecified atom stereocenters. The minimum atomic E-state index is -1.31. The van der Waals surface area contributed by atoms with Crippen LogP contribution in [-0.2, 0) is 36.8 Å². The van der Waals surface area contributed by atoms with Gasteiger partial charge in [0.1, 0.15) is 52.0 Å². The van der Waals surface area contributed by atoms with E-state index in [0.29, 0.717) is 78.9 Å². The predicted octanol–water partition coefficient (Wildman–Crippen LogP) is 7.29. The molecule has 0 saturated carbocycles. The molecule has 82 heavy (non-hydrogen) atoms. The third-order valence-electron chi connectivity index (χ3n) is 13.7. The number of anilines is 2. The molecule has 23 nitrogen and oxygen atoms in total. The van der Waals surface area contributed by atoms with E-state index in [4.69, 9.17) is 34.9 Å². The van der Waals surface area contributed by atoms with Crippen molar-refractivity contribution in [3.05, 3.63) is 218 Å². The molecule has 13 rings (SSSR count). The van der Waals surface area contributed by atoms with E-state index in [-0.39, 0.29) is 65.1 Å². The number of carbonyl (C=O) groups is 5. The van der Waals surface area contributed by atoms with Gasteiger partial charge >= 0.3 is 23.9 Å². The number of H-pyrrole nitrogens is 1. The summed E-state index contributed by atoms with van der Waals surface area (Å²) in [7, 11) is 0. The van der Waals surface area contributed by atoms with Gasteiger partial charge in [0.15, 0.2) is 22.4 Å². The summed E-state index contributed by atoms with van der Waals surface area (Å²) in [6.07, 6.45) is 0.840. The third kappa shape index (κ3) is 9.48. The average Bonchev–Trinajstić information content (AvgIpc) is 3.83. The molecule has 0 bridgehead atoms. The molecular weight excluding hydrogens is 1060 g/mol. The van der Waals surface area contributed by atoms with Gasteiger partial charge in [-0.25, -0.2) is 24.4 Å². The second kappa shape index (κ2) is 20.7. The number of aromatic amines is 1. The van der Waals surface area contributed by atoms with Crippen LogP contribution in [0.25, 0.3) is 11.2 Å². The Hall–Kier alpha value is -11.5. The molecule has 9 aromatic rings. The fourth-order valence-corrected chi connectivity index (χ4v) is 10.1. The van der Waals surface area contributed by atoms with Gasteiger partial charge in [0.2, 0.25) is 5.95 Å². The molecule has 0 saturated heterocycles. The number of nitrogens with zero attached hydrogens (tertiary/aromatic N) is 3. The van der Waals surface area contributed by atoms with E-state index in [1.54, 1.807) is 60.7 Å². The zero-order valence-electron chi connectivity index (χ0n) is 42.3. The van der Waals surface area contributed by atoms with Crippen molar-refractivity contribution in [2.24, 2.45) is 0 Å². The summed E-state index contributed by atoms with van der Waals surface area (Å²) in [4.78, 5) is 85.6. The third-order valence-corrected chi connectivity index (χ3v) is 13.7. The fraction of sp³-hybridized carbons (Fsp3) is 0.102. The van der Waals surface area contributed by atoms with Crippen molar-refractivity contribution in [1.29, 1.82) is 0 Å². The largest absolute Gasteiger partial charge is 0.508 e. The Labute approximate surface area is 461 Å². The quantitative estimate of drug-likeness (QED) is 0.0634. The van der Waals surface area contributed by atoms with Gasteiger partial charge in [0, 0.05) is 75.3 Å². The number of phenols is 4. The number of hydrogen-bond acceptors (Lipinski definition) is 19. The lowest BCUT2D eigenvalue weighted by molar-refractivity contribution is -0.140. The fourth-order valence-electron chi connectivity index (χ4n) is 10.1. The molecule has 1 atom stereocenters. The first-order chi connectivity index (χ1) is 39.4. The maximum atomic E-state index is 12.5. The minimum Gasteiger partial charge on any atom is -0.508 e. The SMILES string of the molecule is Nc1nc2ncc(CNc3ccc(C(=O)N[C@@H](CCC(=O)O)C(=O)O)cc3)nc2c(=O)[nH]1.O=C1OC2(c3ccc(O)cc3Oc3cc(O)ccc32)c2ccccc21.O=C1OC2(c3ccc(O)cc3Oc3cc(O)ccc32)c2ccccc21. The monoisotopic (exact) mass is 1110 g/mol. The summed E-state index contributed by atoms with van der Waals surface area (Å²) < 4.78 is 23.6. The van der Waals surface area contributed by atoms with Crippen LogP contribution in [-0.4, -0.2) is 86.4 Å². The van der Waals surface area contributed by atoms with E-state index in [1.807, 2.05) is 24.3 Å². The van der Waals surface area contributed by atoms with E-state index in [0.717, 1.165) is 0 Å². The number of fused-ring (bicyclic) bond motifs is 13. The van der Waals surface area contributed by atoms with Gasteiger partial charge in [-0.1, -0.05) is 36.4 Å². The van der Waals surface area contributed by atoms with Crippen molar-refractivity contribution in [2.45, 2.75) is 36.6 Å². The molecule has 7 aromatic carbocycles. The van der Waals surface area contributed by atoms with Crippen LogP contribution in [0.2, 0.25) is 0 Å². The highest BCUT2D eigenvalue weighted by atomic mass is 16.6. The number of phenolic OH excluding ortho intramolecular Hbond substituents is 4. The highest BCUT2D eigenvalue weighted by Gasteiger charge is 2.55. The van der Waals surface area contributed by atoms with Crippen molar-refractivity contribution in [3.8, 4) is 46.0 Å². The first kappa shape index (κ1) is 52.6. The number of ether oxygens (including phenoxy) is 4. The molecule has 2 spiro atoms. The lowest BCUT2D eigenvalue weighted by Crippen LogP contribution is -2.41. The summed E-state index contributed by atoms with van der Waals surface area (Å²) in [6, 6.07) is 38.0. The van der Waals surface area contributed by atoms with Crippen molar-refractivity contribution in [1.82, 2.24) is 25.3 Å². The van der Waals surface area contributed by atoms with Crippen LogP contribution >= 0.6 is 0 Å². The number of aliphatic carboxylic acids is 2. The Morgan fingerprint density at radius 2 is 1.06 bits per heavy atom. The molecule has 0 fully saturated rings. The summed E-state index contributed by atoms with van der Waals surface area (Å²) in [5.41, 5.74) is 9.04. The molecular formula is C59H43N7O16. The number of aromatic hydroxyl groups is 4. The van der Waals surface area contributed by atoms with Gasteiger partial charge in [-0.2, -0.15) is 4.98 Å². The van der Waals surface area contributed by atoms with Gasteiger partial charge in [0.25, 0.3) is 11.5 Å². The Morgan fingerprint density at radius 3 is 1.51 bits per heavy atom. The number of amides is 1. The van der Waals surface area contributed by atoms with Crippen molar-refractivity contribution >= 4 is 52.6 Å². The summed E-state index contributed by atoms with van der Waals surface area (Å²) >= 11 is 0. The van der Waals surface area contributed by atoms with Crippen molar-refractivity contribution in [3.63, 3.8) is 0 Å². The van der Waals surface area contributed by atoms with Crippen LogP contribution in [0.5, 0.6) is 46.0 Å². The molecule has 6 heterocycles. The number of carboxylic acids is 2. The van der Waals surface area contributed by atoms with E-state index in [2.05, 4.69) is 30.6 Å². The van der Waals surface area contributed by atoms with Gasteiger partial charge in [-0.05, 0) is 91.3 Å². The van der Waals surface area contributed by atoms with Gasteiger partial charge in [-0.3, -0.25) is 19.4 Å². The molecule has 410 valence electrons. The number of carboxylic acid groups (broad SMARTS) is 2. The number of hydrogen-bond donors (Lipinski definition) is 10. The first-order valence-corrected chi connectivity index (χ1v) is 24.9. The van der Waals surface area contributed by atoms with Gasteiger partial charge < -0.3 is 66.0 Å². The second-order valence-corrected chi connectivity index (χ2v) is 18.9. The molecule has 0 aliphatic carbocycles. The van der Waals surface area contributed by atoms with E-state index in [1.165, 1.54) is 66.9 Å². The first-order valence-electron chi connectivity index (χ1n) is 24.9. The van der Waals surface area contributed by atoms with Crippen molar-refractivity contribution < 1.29 is 73.6 Å². The number of nitrogens with two attached hydrogens (primary N) is 1. The van der Waals surface area contributed by atoms with Crippen LogP contribution in [0.4, 0.5) is 11.6 Å². The normalized spacial score (nSPS) is 14.1. The number of rotatable bonds is 9. The number of benzene rings is 7. The maximum absolute atomic E-state index is 12.5. The number of carbonyl (C=O) groups excluding carboxylic acids is 3. The smallest absolute Gasteiger partial charge is 0.340 e. The van der Waals surface area contributed by atoms with Gasteiger partial charge in [-0.15, -0.1) is 0 Å². The van der Waals surface area contributed by atoms with Crippen LogP contribution in [0.3, 0.4) is 0 Å². The molecule has 23 heteroatoms. The average molecular weight is 1110 g/mol. The molecule has 11 N–H and O–H groups in total. The van der Waals surface area contributed by atoms with Crippen molar-refractivity contribution in [2.75, 3.05) is 11.1 Å². The Morgan fingerprint density at radius 1 is 0.598 bits per heavy atom. The highest BCUT2D eigenvalue weighted by molar-refractivity contribution is 5.99.